The quantitative estimate of drug-likeness (QED) is 0.0585. The fraction of sp³-hybridized carbons (Fsp3) is 0.0874. The van der Waals surface area contributed by atoms with E-state index in [2.05, 4.69) is 165 Å². The van der Waals surface area contributed by atoms with E-state index in [9.17, 15) is 14.4 Å². The Bertz CT molecular complexity index is 6000. The van der Waals surface area contributed by atoms with Crippen LogP contribution in [0.15, 0.2) is 370 Å². The smallest absolute Gasteiger partial charge is 0.155 e. The number of ether oxygens (including phenoxy) is 1. The number of carbonyl (C=O) groups is 3. The largest absolute Gasteiger partial charge is 0.512 e. The molecule has 0 atom stereocenters. The number of carbonyl (C=O) groups excluding carboxylic acids is 3. The molecular weight excluding hydrogens is 2710 g/mol. The van der Waals surface area contributed by atoms with Gasteiger partial charge in [0, 0.05) is 208 Å². The minimum absolute atomic E-state index is 0. The van der Waals surface area contributed by atoms with E-state index in [-0.39, 0.29) is 155 Å². The van der Waals surface area contributed by atoms with Crippen molar-refractivity contribution in [3.63, 3.8) is 0 Å². The molecular formula is C103H88ClIr6N10O7S-7. The van der Waals surface area contributed by atoms with Crippen molar-refractivity contribution >= 4 is 78.3 Å². The zero-order valence-electron chi connectivity index (χ0n) is 70.7. The minimum Gasteiger partial charge on any atom is -0.512 e. The second-order valence-electron chi connectivity index (χ2n) is 26.2. The molecule has 0 amide bonds. The molecule has 0 bridgehead atoms. The second-order valence-corrected chi connectivity index (χ2v) is 27.5. The number of aliphatic hydroxyl groups is 3. The molecule has 8 aromatic heterocycles. The molecule has 8 heterocycles. The van der Waals surface area contributed by atoms with Gasteiger partial charge < -0.3 is 54.9 Å². The SMILES string of the molecule is CC(=O)C=C(C)O.CC(=O)C=C(C)O.CC(=O)C=C(C)O.CN(C)c1ccnc(-c2[c-]cccc2)c1.COc1ccnc(-c2[c-]cccc2)c1.Clc1ccc(-c2[c-]cccc2)nn1.[Ir].[Ir].[Ir].[Ir].[Ir].[Ir].[c-]1cc2ccccc2cc1-c1nccc2ccccc12.[c-]1ccccc1-c1cc2ccccc2cn1.[c-]1ccccc1-c1ccccn1.[c-]1ccsc1-c1cnccn1. The maximum absolute atomic E-state index is 10.0. The summed E-state index contributed by atoms with van der Waals surface area (Å²) in [4.78, 5) is 63.1. The van der Waals surface area contributed by atoms with Crippen molar-refractivity contribution in [1.29, 1.82) is 0 Å². The van der Waals surface area contributed by atoms with Gasteiger partial charge in [-0.05, 0) is 140 Å². The van der Waals surface area contributed by atoms with Crippen LogP contribution in [0.5, 0.6) is 5.75 Å². The van der Waals surface area contributed by atoms with Crippen LogP contribution in [0.1, 0.15) is 41.5 Å². The third-order valence-corrected chi connectivity index (χ3v) is 17.2. The number of aliphatic hydroxyl groups excluding tert-OH is 3. The third-order valence-electron chi connectivity index (χ3n) is 16.2. The van der Waals surface area contributed by atoms with E-state index in [0.29, 0.717) is 5.15 Å². The van der Waals surface area contributed by atoms with Gasteiger partial charge in [-0.3, -0.25) is 19.4 Å². The number of anilines is 1. The molecule has 0 aliphatic carbocycles. The van der Waals surface area contributed by atoms with Crippen molar-refractivity contribution in [2.45, 2.75) is 41.5 Å². The van der Waals surface area contributed by atoms with Crippen LogP contribution in [0.25, 0.3) is 110 Å². The Balaban J connectivity index is 0.000000487. The Labute approximate surface area is 838 Å². The van der Waals surface area contributed by atoms with Gasteiger partial charge in [0.1, 0.15) is 10.9 Å². The summed E-state index contributed by atoms with van der Waals surface area (Å²) in [5.74, 6) is 0.625. The number of methoxy groups -OCH3 is 1. The van der Waals surface area contributed by atoms with Gasteiger partial charge in [-0.2, -0.15) is 17.2 Å². The van der Waals surface area contributed by atoms with Gasteiger partial charge in [0.05, 0.1) is 24.4 Å². The molecule has 17 aromatic rings. The summed E-state index contributed by atoms with van der Waals surface area (Å²) in [6.45, 7) is 8.54. The monoisotopic (exact) mass is 2800 g/mol. The Morgan fingerprint density at radius 3 is 1.26 bits per heavy atom. The van der Waals surface area contributed by atoms with Gasteiger partial charge in [0.25, 0.3) is 0 Å². The normalized spacial score (nSPS) is 9.91. The van der Waals surface area contributed by atoms with Crippen molar-refractivity contribution in [2.75, 3.05) is 26.1 Å². The predicted molar refractivity (Wildman–Crippen MR) is 493 cm³/mol. The van der Waals surface area contributed by atoms with Gasteiger partial charge in [-0.15, -0.1) is 219 Å². The average Bonchev–Trinajstić information content (AvgIpc) is 0.886. The summed E-state index contributed by atoms with van der Waals surface area (Å²) in [5.41, 5.74) is 13.6. The van der Waals surface area contributed by atoms with Crippen LogP contribution in [0, 0.1) is 42.5 Å². The molecule has 128 heavy (non-hydrogen) atoms. The standard InChI is InChI=1S/C19H12N.C15H10N.C13H13N2.C12H10NO.C11H8N.C10H6ClN2.C8H5N2S.3C5H8O2.6Ir/c1-2-7-16-13-17(10-9-14(16)5-1)19-18-8-4-3-6-15(18)11-12-20-19;1-2-6-12(7-3-1)15-10-13-8-4-5-9-14(13)11-16-15;1-15(2)12-8-9-14-13(10-12)11-6-4-3-5-7-11;1-14-11-7-8-13-12(9-11)10-5-3-2-4-6-10;1-2-6-10(7-3-1)11-8-4-5-9-12-11;11-10-7-6-9(12-13-10)8-4-2-1-3-5-8;1-2-8(11-5-1)7-6-9-3-4-10-7;3*1-4(6)3-5(2)7;;;;;;/h1-9,11-13H;1-6,8-11H;3-6,8-10H,1-2H3;2-5,7-9H,1H3;1-6,8-9H;1-4,6-7H;1,3-6H;3*3,6H,1-2H3;;;;;;/q7*-1;;;;;;;;;. The molecule has 3 N–H and O–H groups in total. The number of nitrogens with zero attached hydrogens (tertiary/aromatic N) is 10. The van der Waals surface area contributed by atoms with Crippen LogP contribution in [-0.2, 0) is 135 Å². The van der Waals surface area contributed by atoms with E-state index >= 15 is 0 Å². The van der Waals surface area contributed by atoms with Gasteiger partial charge >= 0.3 is 0 Å². The molecule has 0 fully saturated rings. The number of pyridine rings is 5. The number of fused-ring (bicyclic) bond motifs is 3. The Kier molecular flexibility index (Phi) is 56.1. The third kappa shape index (κ3) is 41.7. The average molecular weight is 2800 g/mol. The summed E-state index contributed by atoms with van der Waals surface area (Å²) in [6.07, 6.45) is 17.7. The van der Waals surface area contributed by atoms with E-state index in [0.717, 1.165) is 89.6 Å². The van der Waals surface area contributed by atoms with E-state index in [1.54, 1.807) is 55.5 Å². The summed E-state index contributed by atoms with van der Waals surface area (Å²) in [6, 6.07) is 113. The van der Waals surface area contributed by atoms with E-state index in [1.807, 2.05) is 238 Å². The van der Waals surface area contributed by atoms with Crippen molar-refractivity contribution in [3.8, 4) is 83.9 Å². The van der Waals surface area contributed by atoms with Crippen LogP contribution in [0.3, 0.4) is 0 Å². The van der Waals surface area contributed by atoms with E-state index in [4.69, 9.17) is 31.7 Å². The number of thiophene rings is 1. The van der Waals surface area contributed by atoms with Crippen LogP contribution >= 0.6 is 22.9 Å². The summed E-state index contributed by atoms with van der Waals surface area (Å²) >= 11 is 7.23. The molecule has 0 spiro atoms. The number of benzene rings is 9. The van der Waals surface area contributed by atoms with Crippen LogP contribution in [0.2, 0.25) is 5.15 Å². The van der Waals surface area contributed by atoms with Gasteiger partial charge in [-0.25, -0.2) is 11.3 Å². The van der Waals surface area contributed by atoms with Gasteiger partial charge in [0.2, 0.25) is 0 Å². The van der Waals surface area contributed by atoms with Crippen LogP contribution in [-0.4, -0.2) is 99.0 Å². The van der Waals surface area contributed by atoms with Crippen molar-refractivity contribution in [2.24, 2.45) is 0 Å². The Hall–Kier alpha value is -11.2. The number of hydrogen-bond acceptors (Lipinski definition) is 18. The number of aromatic nitrogens is 9. The first-order valence-electron chi connectivity index (χ1n) is 38.0. The van der Waals surface area contributed by atoms with Crippen LogP contribution in [0.4, 0.5) is 5.69 Å². The van der Waals surface area contributed by atoms with Gasteiger partial charge in [-0.1, -0.05) is 125 Å². The topological polar surface area (TPSA) is 240 Å². The number of halogens is 1. The second kappa shape index (κ2) is 63.7. The first-order chi connectivity index (χ1) is 59.2. The summed E-state index contributed by atoms with van der Waals surface area (Å²) in [5, 5.41) is 42.3. The van der Waals surface area contributed by atoms with Crippen molar-refractivity contribution < 1.29 is 155 Å². The fourth-order valence-electron chi connectivity index (χ4n) is 10.8. The van der Waals surface area contributed by atoms with E-state index in [1.165, 1.54) is 92.1 Å². The number of hydrogen-bond donors (Lipinski definition) is 3. The zero-order valence-corrected chi connectivity index (χ0v) is 86.7. The molecule has 0 aliphatic rings. The molecule has 9 aromatic carbocycles. The molecule has 17 nitrogen and oxygen atoms in total. The predicted octanol–water partition coefficient (Wildman–Crippen LogP) is 24.0. The van der Waals surface area contributed by atoms with Crippen LogP contribution < -0.4 is 9.64 Å². The maximum atomic E-state index is 10.0. The Morgan fingerprint density at radius 1 is 0.367 bits per heavy atom. The fourth-order valence-corrected chi connectivity index (χ4v) is 11.5. The summed E-state index contributed by atoms with van der Waals surface area (Å²) in [7, 11) is 5.69. The Morgan fingerprint density at radius 2 is 0.812 bits per heavy atom. The number of rotatable bonds is 12. The van der Waals surface area contributed by atoms with Crippen molar-refractivity contribution in [1.82, 2.24) is 45.1 Å². The first kappa shape index (κ1) is 113. The van der Waals surface area contributed by atoms with Gasteiger partial charge in [0.15, 0.2) is 17.3 Å². The zero-order chi connectivity index (χ0) is 87.1. The van der Waals surface area contributed by atoms with Crippen molar-refractivity contribution in [3.05, 3.63) is 417 Å². The van der Waals surface area contributed by atoms with E-state index < -0.39 is 0 Å². The molecule has 6 radical (unpaired) electrons. The molecule has 0 aliphatic heterocycles. The molecule has 0 unspecified atom stereocenters. The summed E-state index contributed by atoms with van der Waals surface area (Å²) < 4.78 is 5.12. The first-order valence-corrected chi connectivity index (χ1v) is 39.3. The molecule has 0 saturated carbocycles. The molecule has 25 heteroatoms. The number of ketones is 3. The molecule has 0 saturated heterocycles. The number of allylic oxidation sites excluding steroid dienone is 6. The minimum atomic E-state index is -0.125. The molecule has 666 valence electrons. The molecule has 17 rings (SSSR count). The maximum Gasteiger partial charge on any atom is 0.155 e.